The molecule has 12 heavy (non-hydrogen) atoms. The molecule has 0 aromatic rings. The van der Waals surface area contributed by atoms with Crippen LogP contribution in [0.15, 0.2) is 0 Å². The summed E-state index contributed by atoms with van der Waals surface area (Å²) in [4.78, 5) is 0. The summed E-state index contributed by atoms with van der Waals surface area (Å²) < 4.78 is 0. The lowest BCUT2D eigenvalue weighted by atomic mass is 9.93. The van der Waals surface area contributed by atoms with Crippen molar-refractivity contribution in [3.05, 3.63) is 0 Å². The largest absolute Gasteiger partial charge is 0.274 e. The third kappa shape index (κ3) is 4.73. The van der Waals surface area contributed by atoms with Gasteiger partial charge in [-0.05, 0) is 12.0 Å². The van der Waals surface area contributed by atoms with Crippen molar-refractivity contribution >= 4 is 29.6 Å². The Kier molecular flexibility index (Phi) is 5.69. The van der Waals surface area contributed by atoms with Crippen molar-refractivity contribution in [1.29, 1.82) is 0 Å². The van der Waals surface area contributed by atoms with E-state index in [2.05, 4.69) is 0 Å². The summed E-state index contributed by atoms with van der Waals surface area (Å²) in [6, 6.07) is 1.10. The molecule has 71 valence electrons. The molecule has 0 heterocycles. The number of rotatable bonds is 2. The Bertz CT molecular complexity index is 109. The lowest BCUT2D eigenvalue weighted by Crippen LogP contribution is -2.08. The summed E-state index contributed by atoms with van der Waals surface area (Å²) in [6.45, 7) is 0. The standard InChI is InChI=1S/C9H17Cl2Si/c10-12(11)8-9-6-4-2-1-3-5-7-9/h9H,1-8H2. The zero-order valence-corrected chi connectivity index (χ0v) is 10.0. The van der Waals surface area contributed by atoms with E-state index in [9.17, 15) is 0 Å². The first-order chi connectivity index (χ1) is 5.79. The van der Waals surface area contributed by atoms with Crippen LogP contribution in [0.2, 0.25) is 6.04 Å². The molecular weight excluding hydrogens is 207 g/mol. The maximum atomic E-state index is 5.87. The van der Waals surface area contributed by atoms with Crippen molar-refractivity contribution < 1.29 is 0 Å². The third-order valence-corrected chi connectivity index (χ3v) is 4.48. The molecule has 1 aliphatic carbocycles. The average Bonchev–Trinajstić information content (AvgIpc) is 1.93. The minimum atomic E-state index is -1.02. The summed E-state index contributed by atoms with van der Waals surface area (Å²) in [6.07, 6.45) is 9.81. The van der Waals surface area contributed by atoms with E-state index in [1.54, 1.807) is 0 Å². The molecule has 0 aliphatic heterocycles. The molecule has 3 heteroatoms. The maximum Gasteiger partial charge on any atom is 0.274 e. The van der Waals surface area contributed by atoms with E-state index >= 15 is 0 Å². The summed E-state index contributed by atoms with van der Waals surface area (Å²) in [5.41, 5.74) is 0. The molecule has 1 radical (unpaired) electrons. The van der Waals surface area contributed by atoms with Crippen molar-refractivity contribution in [1.82, 2.24) is 0 Å². The predicted molar refractivity (Wildman–Crippen MR) is 58.1 cm³/mol. The Balaban J connectivity index is 2.20. The molecule has 0 N–H and O–H groups in total. The molecule has 0 bridgehead atoms. The average molecular weight is 224 g/mol. The van der Waals surface area contributed by atoms with Gasteiger partial charge in [-0.15, -0.1) is 22.2 Å². The van der Waals surface area contributed by atoms with Crippen LogP contribution in [-0.4, -0.2) is 7.42 Å². The highest BCUT2D eigenvalue weighted by Gasteiger charge is 2.15. The molecule has 1 aliphatic rings. The molecule has 1 rings (SSSR count). The van der Waals surface area contributed by atoms with Crippen LogP contribution >= 0.6 is 22.2 Å². The second-order valence-corrected chi connectivity index (χ2v) is 8.16. The number of hydrogen-bond donors (Lipinski definition) is 0. The number of hydrogen-bond acceptors (Lipinski definition) is 0. The lowest BCUT2D eigenvalue weighted by Gasteiger charge is -2.18. The molecule has 0 aromatic heterocycles. The zero-order chi connectivity index (χ0) is 8.81. The van der Waals surface area contributed by atoms with Gasteiger partial charge < -0.3 is 0 Å². The first-order valence-electron chi connectivity index (χ1n) is 4.96. The van der Waals surface area contributed by atoms with Crippen LogP contribution in [0, 0.1) is 5.92 Å². The molecule has 1 fully saturated rings. The summed E-state index contributed by atoms with van der Waals surface area (Å²) >= 11 is 11.7. The highest BCUT2D eigenvalue weighted by molar-refractivity contribution is 7.33. The first kappa shape index (κ1) is 10.9. The first-order valence-corrected chi connectivity index (χ1v) is 8.69. The van der Waals surface area contributed by atoms with E-state index in [0.717, 1.165) is 12.0 Å². The van der Waals surface area contributed by atoms with E-state index in [1.165, 1.54) is 44.9 Å². The molecule has 0 spiro atoms. The Morgan fingerprint density at radius 1 is 0.917 bits per heavy atom. The van der Waals surface area contributed by atoms with E-state index < -0.39 is 7.42 Å². The molecular formula is C9H17Cl2Si. The van der Waals surface area contributed by atoms with Gasteiger partial charge in [0.05, 0.1) is 0 Å². The van der Waals surface area contributed by atoms with Gasteiger partial charge in [-0.1, -0.05) is 44.9 Å². The second-order valence-electron chi connectivity index (χ2n) is 3.75. The van der Waals surface area contributed by atoms with Crippen LogP contribution < -0.4 is 0 Å². The van der Waals surface area contributed by atoms with Crippen molar-refractivity contribution in [3.8, 4) is 0 Å². The van der Waals surface area contributed by atoms with Gasteiger partial charge in [0.2, 0.25) is 0 Å². The van der Waals surface area contributed by atoms with Crippen LogP contribution in [0.5, 0.6) is 0 Å². The van der Waals surface area contributed by atoms with Gasteiger partial charge in [-0.25, -0.2) is 0 Å². The van der Waals surface area contributed by atoms with Crippen LogP contribution in [-0.2, 0) is 0 Å². The summed E-state index contributed by atoms with van der Waals surface area (Å²) in [7, 11) is -1.02. The fraction of sp³-hybridized carbons (Fsp3) is 1.00. The van der Waals surface area contributed by atoms with Crippen LogP contribution in [0.4, 0.5) is 0 Å². The molecule has 0 unspecified atom stereocenters. The third-order valence-electron chi connectivity index (χ3n) is 2.67. The van der Waals surface area contributed by atoms with Crippen molar-refractivity contribution in [2.75, 3.05) is 0 Å². The van der Waals surface area contributed by atoms with E-state index in [4.69, 9.17) is 22.2 Å². The van der Waals surface area contributed by atoms with Crippen LogP contribution in [0.25, 0.3) is 0 Å². The highest BCUT2D eigenvalue weighted by Crippen LogP contribution is 2.27. The minimum Gasteiger partial charge on any atom is -0.147 e. The minimum absolute atomic E-state index is 0.842. The molecule has 0 saturated heterocycles. The molecule has 1 saturated carbocycles. The van der Waals surface area contributed by atoms with Gasteiger partial charge in [0.15, 0.2) is 0 Å². The van der Waals surface area contributed by atoms with Crippen molar-refractivity contribution in [3.63, 3.8) is 0 Å². The molecule has 0 amide bonds. The molecule has 0 nitrogen and oxygen atoms in total. The van der Waals surface area contributed by atoms with Crippen LogP contribution in [0.1, 0.15) is 44.9 Å². The van der Waals surface area contributed by atoms with Gasteiger partial charge >= 0.3 is 0 Å². The lowest BCUT2D eigenvalue weighted by molar-refractivity contribution is 0.403. The van der Waals surface area contributed by atoms with Gasteiger partial charge in [-0.3, -0.25) is 0 Å². The Morgan fingerprint density at radius 3 is 1.92 bits per heavy atom. The van der Waals surface area contributed by atoms with Crippen molar-refractivity contribution in [2.45, 2.75) is 51.0 Å². The second kappa shape index (κ2) is 6.28. The molecule has 0 atom stereocenters. The van der Waals surface area contributed by atoms with Gasteiger partial charge in [0, 0.05) is 0 Å². The predicted octanol–water partition coefficient (Wildman–Crippen LogP) is 4.31. The van der Waals surface area contributed by atoms with Gasteiger partial charge in [-0.2, -0.15) is 0 Å². The smallest absolute Gasteiger partial charge is 0.147 e. The quantitative estimate of drug-likeness (QED) is 0.484. The van der Waals surface area contributed by atoms with Crippen LogP contribution in [0.3, 0.4) is 0 Å². The number of halogens is 2. The summed E-state index contributed by atoms with van der Waals surface area (Å²) in [5.74, 6) is 0.842. The zero-order valence-electron chi connectivity index (χ0n) is 7.49. The normalized spacial score (nSPS) is 22.2. The van der Waals surface area contributed by atoms with Gasteiger partial charge in [0.25, 0.3) is 7.42 Å². The van der Waals surface area contributed by atoms with Crippen molar-refractivity contribution in [2.24, 2.45) is 5.92 Å². The Labute approximate surface area is 86.6 Å². The fourth-order valence-corrected chi connectivity index (χ4v) is 4.12. The summed E-state index contributed by atoms with van der Waals surface area (Å²) in [5, 5.41) is 0. The SMILES string of the molecule is Cl[Si](Cl)CC1CCCCCCC1. The Morgan fingerprint density at radius 2 is 1.42 bits per heavy atom. The van der Waals surface area contributed by atoms with E-state index in [1.807, 2.05) is 0 Å². The monoisotopic (exact) mass is 223 g/mol. The highest BCUT2D eigenvalue weighted by atomic mass is 35.7. The fourth-order valence-electron chi connectivity index (χ4n) is 1.96. The topological polar surface area (TPSA) is 0 Å². The maximum absolute atomic E-state index is 5.87. The van der Waals surface area contributed by atoms with E-state index in [-0.39, 0.29) is 0 Å². The van der Waals surface area contributed by atoms with E-state index in [0.29, 0.717) is 0 Å². The van der Waals surface area contributed by atoms with Gasteiger partial charge in [0.1, 0.15) is 0 Å². The Hall–Kier alpha value is 0.797. The molecule has 0 aromatic carbocycles.